The van der Waals surface area contributed by atoms with E-state index >= 15 is 0 Å². The van der Waals surface area contributed by atoms with Gasteiger partial charge in [-0.05, 0) is 18.2 Å². The van der Waals surface area contributed by atoms with Gasteiger partial charge in [0.25, 0.3) is 5.91 Å². The first-order valence-corrected chi connectivity index (χ1v) is 7.65. The second-order valence-electron chi connectivity index (χ2n) is 3.82. The first kappa shape index (κ1) is 15.7. The summed E-state index contributed by atoms with van der Waals surface area (Å²) < 4.78 is 29.4. The van der Waals surface area contributed by atoms with Gasteiger partial charge < -0.3 is 10.1 Å². The topological polar surface area (TPSA) is 84.5 Å². The highest BCUT2D eigenvalue weighted by Gasteiger charge is 2.11. The summed E-state index contributed by atoms with van der Waals surface area (Å²) in [6.45, 7) is 0.764. The normalized spacial score (nSPS) is 11.1. The molecule has 0 aliphatic rings. The molecule has 0 bridgehead atoms. The number of ether oxygens (including phenoxy) is 1. The van der Waals surface area contributed by atoms with Gasteiger partial charge in [0.1, 0.15) is 0 Å². The number of amides is 1. The predicted molar refractivity (Wildman–Crippen MR) is 74.1 cm³/mol. The summed E-state index contributed by atoms with van der Waals surface area (Å²) in [6, 6.07) is 4.35. The van der Waals surface area contributed by atoms with E-state index in [1.54, 1.807) is 0 Å². The van der Waals surface area contributed by atoms with E-state index in [1.165, 1.54) is 25.3 Å². The van der Waals surface area contributed by atoms with Crippen LogP contribution in [-0.4, -0.2) is 40.8 Å². The van der Waals surface area contributed by atoms with Gasteiger partial charge in [-0.15, -0.1) is 0 Å². The van der Waals surface area contributed by atoms with E-state index in [4.69, 9.17) is 16.3 Å². The number of methoxy groups -OCH3 is 1. The van der Waals surface area contributed by atoms with Crippen molar-refractivity contribution in [3.8, 4) is 0 Å². The molecule has 0 saturated heterocycles. The molecule has 19 heavy (non-hydrogen) atoms. The van der Waals surface area contributed by atoms with E-state index in [1.807, 2.05) is 0 Å². The molecule has 1 amide bonds. The van der Waals surface area contributed by atoms with Crippen molar-refractivity contribution < 1.29 is 17.9 Å². The molecule has 106 valence electrons. The highest BCUT2D eigenvalue weighted by atomic mass is 35.5. The zero-order valence-corrected chi connectivity index (χ0v) is 12.1. The zero-order chi connectivity index (χ0) is 14.5. The minimum absolute atomic E-state index is 0.170. The van der Waals surface area contributed by atoms with Gasteiger partial charge in [-0.25, -0.2) is 8.42 Å². The molecule has 1 rings (SSSR count). The summed E-state index contributed by atoms with van der Waals surface area (Å²) in [6.07, 6.45) is 1.01. The lowest BCUT2D eigenvalue weighted by atomic mass is 10.2. The van der Waals surface area contributed by atoms with E-state index < -0.39 is 10.0 Å². The molecule has 0 heterocycles. The van der Waals surface area contributed by atoms with Crippen molar-refractivity contribution in [1.29, 1.82) is 0 Å². The smallest absolute Gasteiger partial charge is 0.251 e. The van der Waals surface area contributed by atoms with Crippen LogP contribution in [0.5, 0.6) is 0 Å². The Morgan fingerprint density at radius 2 is 2.11 bits per heavy atom. The summed E-state index contributed by atoms with van der Waals surface area (Å²) in [5.74, 6) is -0.328. The fourth-order valence-electron chi connectivity index (χ4n) is 1.31. The number of nitrogens with one attached hydrogen (secondary N) is 2. The number of carbonyl (C=O) groups excluding carboxylic acids is 1. The number of hydrogen-bond donors (Lipinski definition) is 2. The van der Waals surface area contributed by atoms with Crippen molar-refractivity contribution in [3.05, 3.63) is 28.8 Å². The van der Waals surface area contributed by atoms with E-state index in [9.17, 15) is 13.2 Å². The molecular formula is C11H15ClN2O4S. The molecule has 1 aromatic carbocycles. The number of rotatable bonds is 6. The quantitative estimate of drug-likeness (QED) is 0.771. The Morgan fingerprint density at radius 1 is 1.42 bits per heavy atom. The minimum Gasteiger partial charge on any atom is -0.383 e. The fraction of sp³-hybridized carbons (Fsp3) is 0.364. The van der Waals surface area contributed by atoms with Crippen LogP contribution in [0.1, 0.15) is 10.4 Å². The van der Waals surface area contributed by atoms with Gasteiger partial charge in [-0.2, -0.15) is 0 Å². The van der Waals surface area contributed by atoms with Crippen molar-refractivity contribution in [1.82, 2.24) is 5.32 Å². The largest absolute Gasteiger partial charge is 0.383 e. The van der Waals surface area contributed by atoms with Gasteiger partial charge in [0, 0.05) is 19.2 Å². The Kier molecular flexibility index (Phi) is 5.59. The molecule has 0 unspecified atom stereocenters. The molecule has 6 nitrogen and oxygen atoms in total. The van der Waals surface area contributed by atoms with Gasteiger partial charge in [0.2, 0.25) is 10.0 Å². The van der Waals surface area contributed by atoms with Crippen molar-refractivity contribution in [2.45, 2.75) is 0 Å². The average molecular weight is 307 g/mol. The third-order valence-corrected chi connectivity index (χ3v) is 3.04. The summed E-state index contributed by atoms with van der Waals surface area (Å²) in [5.41, 5.74) is 0.482. The number of benzene rings is 1. The molecule has 2 N–H and O–H groups in total. The molecule has 1 aromatic rings. The van der Waals surface area contributed by atoms with Gasteiger partial charge in [-0.3, -0.25) is 9.52 Å². The van der Waals surface area contributed by atoms with Crippen LogP contribution < -0.4 is 10.0 Å². The molecular weight excluding hydrogens is 292 g/mol. The zero-order valence-electron chi connectivity index (χ0n) is 10.6. The van der Waals surface area contributed by atoms with Crippen molar-refractivity contribution >= 4 is 33.2 Å². The van der Waals surface area contributed by atoms with Crippen LogP contribution in [0.15, 0.2) is 18.2 Å². The third kappa shape index (κ3) is 5.46. The van der Waals surface area contributed by atoms with Crippen LogP contribution in [0.25, 0.3) is 0 Å². The molecule has 8 heteroatoms. The molecule has 0 saturated carbocycles. The highest BCUT2D eigenvalue weighted by Crippen LogP contribution is 2.23. The van der Waals surface area contributed by atoms with Gasteiger partial charge in [0.05, 0.1) is 23.6 Å². The van der Waals surface area contributed by atoms with Crippen LogP contribution >= 0.6 is 11.6 Å². The Morgan fingerprint density at radius 3 is 2.68 bits per heavy atom. The van der Waals surface area contributed by atoms with E-state index in [-0.39, 0.29) is 16.6 Å². The van der Waals surface area contributed by atoms with Crippen LogP contribution in [0, 0.1) is 0 Å². The van der Waals surface area contributed by atoms with Crippen LogP contribution in [-0.2, 0) is 14.8 Å². The minimum atomic E-state index is -3.45. The Labute approximate surface area is 117 Å². The predicted octanol–water partition coefficient (Wildman–Crippen LogP) is 1.09. The monoisotopic (exact) mass is 306 g/mol. The summed E-state index contributed by atoms with van der Waals surface area (Å²) in [5, 5.41) is 2.85. The second kappa shape index (κ2) is 6.74. The maximum atomic E-state index is 11.8. The molecule has 0 aromatic heterocycles. The van der Waals surface area contributed by atoms with Gasteiger partial charge >= 0.3 is 0 Å². The molecule has 0 fully saturated rings. The SMILES string of the molecule is COCCNC(=O)c1ccc(Cl)c(NS(C)(=O)=O)c1. The summed E-state index contributed by atoms with van der Waals surface area (Å²) in [7, 11) is -1.92. The maximum absolute atomic E-state index is 11.8. The molecule has 0 atom stereocenters. The fourth-order valence-corrected chi connectivity index (χ4v) is 2.10. The number of hydrogen-bond acceptors (Lipinski definition) is 4. The number of halogens is 1. The maximum Gasteiger partial charge on any atom is 0.251 e. The third-order valence-electron chi connectivity index (χ3n) is 2.12. The van der Waals surface area contributed by atoms with Crippen molar-refractivity contribution in [2.24, 2.45) is 0 Å². The Bertz CT molecular complexity index is 560. The summed E-state index contributed by atoms with van der Waals surface area (Å²) >= 11 is 5.86. The lowest BCUT2D eigenvalue weighted by Crippen LogP contribution is -2.27. The van der Waals surface area contributed by atoms with Crippen molar-refractivity contribution in [2.75, 3.05) is 31.2 Å². The molecule has 0 aliphatic carbocycles. The first-order valence-electron chi connectivity index (χ1n) is 5.38. The van der Waals surface area contributed by atoms with E-state index in [0.29, 0.717) is 18.7 Å². The average Bonchev–Trinajstić information content (AvgIpc) is 2.30. The highest BCUT2D eigenvalue weighted by molar-refractivity contribution is 7.92. The Balaban J connectivity index is 2.86. The van der Waals surface area contributed by atoms with E-state index in [2.05, 4.69) is 10.0 Å². The summed E-state index contributed by atoms with van der Waals surface area (Å²) in [4.78, 5) is 11.8. The van der Waals surface area contributed by atoms with Crippen LogP contribution in [0.4, 0.5) is 5.69 Å². The first-order chi connectivity index (χ1) is 8.83. The van der Waals surface area contributed by atoms with E-state index in [0.717, 1.165) is 6.26 Å². The lowest BCUT2D eigenvalue weighted by Gasteiger charge is -2.09. The molecule has 0 spiro atoms. The number of anilines is 1. The number of carbonyl (C=O) groups is 1. The van der Waals surface area contributed by atoms with Gasteiger partial charge in [-0.1, -0.05) is 11.6 Å². The lowest BCUT2D eigenvalue weighted by molar-refractivity contribution is 0.0937. The Hall–Kier alpha value is -1.31. The van der Waals surface area contributed by atoms with Gasteiger partial charge in [0.15, 0.2) is 0 Å². The second-order valence-corrected chi connectivity index (χ2v) is 5.97. The van der Waals surface area contributed by atoms with Crippen LogP contribution in [0.3, 0.4) is 0 Å². The molecule has 0 aliphatic heterocycles. The number of sulfonamides is 1. The van der Waals surface area contributed by atoms with Crippen molar-refractivity contribution in [3.63, 3.8) is 0 Å². The van der Waals surface area contributed by atoms with Crippen LogP contribution in [0.2, 0.25) is 5.02 Å². The molecule has 0 radical (unpaired) electrons. The standard InChI is InChI=1S/C11H15ClN2O4S/c1-18-6-5-13-11(15)8-3-4-9(12)10(7-8)14-19(2,16)17/h3-4,7,14H,5-6H2,1-2H3,(H,13,15).